The molecule has 0 aliphatic carbocycles. The van der Waals surface area contributed by atoms with E-state index in [9.17, 15) is 9.59 Å². The Morgan fingerprint density at radius 3 is 2.12 bits per heavy atom. The predicted molar refractivity (Wildman–Crippen MR) is 107 cm³/mol. The summed E-state index contributed by atoms with van der Waals surface area (Å²) in [5.41, 5.74) is 0. The van der Waals surface area contributed by atoms with Crippen LogP contribution in [0, 0.1) is 0 Å². The van der Waals surface area contributed by atoms with Crippen molar-refractivity contribution in [2.24, 2.45) is 0 Å². The van der Waals surface area contributed by atoms with Crippen LogP contribution in [-0.2, 0) is 14.3 Å². The van der Waals surface area contributed by atoms with Crippen molar-refractivity contribution < 1.29 is 14.3 Å². The lowest BCUT2D eigenvalue weighted by Gasteiger charge is -2.08. The lowest BCUT2D eigenvalue weighted by atomic mass is 10.1. The van der Waals surface area contributed by atoms with Crippen LogP contribution < -0.4 is 5.32 Å². The summed E-state index contributed by atoms with van der Waals surface area (Å²) in [6, 6.07) is -0.411. The van der Waals surface area contributed by atoms with E-state index in [-0.39, 0.29) is 11.9 Å². The first-order valence-corrected chi connectivity index (χ1v) is 10.8. The highest BCUT2D eigenvalue weighted by Crippen LogP contribution is 2.11. The normalized spacial score (nSPS) is 17.0. The number of amides is 1. The highest BCUT2D eigenvalue weighted by Gasteiger charge is 2.27. The molecule has 1 rings (SSSR count). The fraction of sp³-hybridized carbons (Fsp3) is 0.818. The van der Waals surface area contributed by atoms with E-state index < -0.39 is 6.04 Å². The SMILES string of the molecule is CCCCCCCCC=CCCCCCCCC(=O)N[C@H]1CCOC1=O. The highest BCUT2D eigenvalue weighted by molar-refractivity contribution is 5.85. The lowest BCUT2D eigenvalue weighted by Crippen LogP contribution is -2.37. The number of carbonyl (C=O) groups excluding carboxylic acids is 2. The van der Waals surface area contributed by atoms with Crippen LogP contribution in [0.3, 0.4) is 0 Å². The first kappa shape index (κ1) is 22.7. The van der Waals surface area contributed by atoms with Gasteiger partial charge in [-0.1, -0.05) is 70.4 Å². The monoisotopic (exact) mass is 365 g/mol. The maximum Gasteiger partial charge on any atom is 0.328 e. The largest absolute Gasteiger partial charge is 0.464 e. The third-order valence-corrected chi connectivity index (χ3v) is 4.94. The minimum atomic E-state index is -0.411. The molecule has 0 aromatic heterocycles. The van der Waals surface area contributed by atoms with Gasteiger partial charge in [-0.25, -0.2) is 4.79 Å². The average molecular weight is 366 g/mol. The Balaban J connectivity index is 1.81. The second-order valence-corrected chi connectivity index (χ2v) is 7.41. The Bertz CT molecular complexity index is 406. The van der Waals surface area contributed by atoms with E-state index >= 15 is 0 Å². The van der Waals surface area contributed by atoms with Gasteiger partial charge >= 0.3 is 5.97 Å². The van der Waals surface area contributed by atoms with Crippen LogP contribution >= 0.6 is 0 Å². The molecule has 1 atom stereocenters. The molecular formula is C22H39NO3. The quantitative estimate of drug-likeness (QED) is 0.225. The van der Waals surface area contributed by atoms with E-state index in [0.29, 0.717) is 19.4 Å². The van der Waals surface area contributed by atoms with Crippen molar-refractivity contribution in [1.29, 1.82) is 0 Å². The maximum absolute atomic E-state index is 11.8. The summed E-state index contributed by atoms with van der Waals surface area (Å²) in [5.74, 6) is -0.311. The molecule has 1 fully saturated rings. The molecule has 1 amide bonds. The molecule has 0 unspecified atom stereocenters. The summed E-state index contributed by atoms with van der Waals surface area (Å²) in [4.78, 5) is 23.0. The topological polar surface area (TPSA) is 55.4 Å². The second kappa shape index (κ2) is 15.9. The predicted octanol–water partition coefficient (Wildman–Crippen LogP) is 5.46. The van der Waals surface area contributed by atoms with Crippen LogP contribution in [0.2, 0.25) is 0 Å². The number of rotatable bonds is 16. The highest BCUT2D eigenvalue weighted by atomic mass is 16.5. The number of cyclic esters (lactones) is 1. The summed E-state index contributed by atoms with van der Waals surface area (Å²) in [5, 5.41) is 2.76. The average Bonchev–Trinajstić information content (AvgIpc) is 3.03. The van der Waals surface area contributed by atoms with Gasteiger partial charge in [0.25, 0.3) is 0 Å². The molecule has 4 heteroatoms. The Kier molecular flexibility index (Phi) is 13.9. The number of carbonyl (C=O) groups is 2. The van der Waals surface area contributed by atoms with E-state index in [4.69, 9.17) is 4.74 Å². The zero-order valence-corrected chi connectivity index (χ0v) is 16.8. The summed E-state index contributed by atoms with van der Waals surface area (Å²) < 4.78 is 4.84. The number of hydrogen-bond acceptors (Lipinski definition) is 3. The second-order valence-electron chi connectivity index (χ2n) is 7.41. The van der Waals surface area contributed by atoms with Gasteiger partial charge in [0.2, 0.25) is 5.91 Å². The Hall–Kier alpha value is -1.32. The molecule has 0 aromatic rings. The van der Waals surface area contributed by atoms with E-state index in [0.717, 1.165) is 12.8 Å². The molecule has 1 heterocycles. The number of esters is 1. The fourth-order valence-electron chi connectivity index (χ4n) is 3.25. The first-order valence-electron chi connectivity index (χ1n) is 10.8. The van der Waals surface area contributed by atoms with Gasteiger partial charge in [0.1, 0.15) is 6.04 Å². The Labute approximate surface area is 160 Å². The fourth-order valence-corrected chi connectivity index (χ4v) is 3.25. The molecule has 26 heavy (non-hydrogen) atoms. The van der Waals surface area contributed by atoms with Gasteiger partial charge in [0.05, 0.1) is 6.61 Å². The van der Waals surface area contributed by atoms with Crippen molar-refractivity contribution in [1.82, 2.24) is 5.32 Å². The number of nitrogens with one attached hydrogen (secondary N) is 1. The number of unbranched alkanes of at least 4 members (excludes halogenated alkanes) is 11. The summed E-state index contributed by atoms with van der Waals surface area (Å²) in [6.07, 6.45) is 22.1. The Morgan fingerprint density at radius 1 is 0.962 bits per heavy atom. The number of allylic oxidation sites excluding steroid dienone is 2. The molecule has 150 valence electrons. The van der Waals surface area contributed by atoms with Crippen molar-refractivity contribution in [2.45, 2.75) is 109 Å². The molecule has 0 saturated carbocycles. The minimum absolute atomic E-state index is 0.0218. The van der Waals surface area contributed by atoms with Gasteiger partial charge in [0.15, 0.2) is 0 Å². The van der Waals surface area contributed by atoms with Crippen molar-refractivity contribution >= 4 is 11.9 Å². The molecule has 1 aliphatic rings. The number of ether oxygens (including phenoxy) is 1. The van der Waals surface area contributed by atoms with Crippen LogP contribution in [0.1, 0.15) is 103 Å². The molecule has 4 nitrogen and oxygen atoms in total. The molecule has 0 bridgehead atoms. The molecule has 1 aliphatic heterocycles. The van der Waals surface area contributed by atoms with Crippen LogP contribution in [0.5, 0.6) is 0 Å². The van der Waals surface area contributed by atoms with Gasteiger partial charge in [0, 0.05) is 12.8 Å². The van der Waals surface area contributed by atoms with E-state index in [1.54, 1.807) is 0 Å². The van der Waals surface area contributed by atoms with E-state index in [1.165, 1.54) is 70.6 Å². The van der Waals surface area contributed by atoms with Crippen molar-refractivity contribution in [3.63, 3.8) is 0 Å². The number of hydrogen-bond donors (Lipinski definition) is 1. The third-order valence-electron chi connectivity index (χ3n) is 4.94. The van der Waals surface area contributed by atoms with Gasteiger partial charge in [-0.3, -0.25) is 4.79 Å². The molecule has 0 radical (unpaired) electrons. The van der Waals surface area contributed by atoms with Crippen molar-refractivity contribution in [3.05, 3.63) is 12.2 Å². The molecule has 1 N–H and O–H groups in total. The van der Waals surface area contributed by atoms with Crippen LogP contribution in [0.25, 0.3) is 0 Å². The Morgan fingerprint density at radius 2 is 1.54 bits per heavy atom. The van der Waals surface area contributed by atoms with Crippen LogP contribution in [0.15, 0.2) is 12.2 Å². The standard InChI is InChI=1S/C22H39NO3/c1-2-3-4-5-6-7-8-9-10-11-12-13-14-15-16-17-21(24)23-20-18-19-26-22(20)25/h9-10,20H,2-8,11-19H2,1H3,(H,23,24)/t20-/m0/s1. The van der Waals surface area contributed by atoms with Gasteiger partial charge in [-0.15, -0.1) is 0 Å². The first-order chi connectivity index (χ1) is 12.7. The minimum Gasteiger partial charge on any atom is -0.464 e. The van der Waals surface area contributed by atoms with Crippen molar-refractivity contribution in [3.8, 4) is 0 Å². The maximum atomic E-state index is 11.8. The summed E-state index contributed by atoms with van der Waals surface area (Å²) in [7, 11) is 0. The van der Waals surface area contributed by atoms with Gasteiger partial charge < -0.3 is 10.1 Å². The van der Waals surface area contributed by atoms with Gasteiger partial charge in [-0.05, 0) is 32.1 Å². The zero-order chi connectivity index (χ0) is 18.9. The molecule has 1 saturated heterocycles. The van der Waals surface area contributed by atoms with E-state index in [1.807, 2.05) is 0 Å². The van der Waals surface area contributed by atoms with E-state index in [2.05, 4.69) is 24.4 Å². The summed E-state index contributed by atoms with van der Waals surface area (Å²) in [6.45, 7) is 2.69. The summed E-state index contributed by atoms with van der Waals surface area (Å²) >= 11 is 0. The zero-order valence-electron chi connectivity index (χ0n) is 16.8. The molecule has 0 spiro atoms. The smallest absolute Gasteiger partial charge is 0.328 e. The van der Waals surface area contributed by atoms with Crippen LogP contribution in [-0.4, -0.2) is 24.5 Å². The lowest BCUT2D eigenvalue weighted by molar-refractivity contribution is -0.141. The molecule has 0 aromatic carbocycles. The molecular weight excluding hydrogens is 326 g/mol. The van der Waals surface area contributed by atoms with Crippen LogP contribution in [0.4, 0.5) is 0 Å². The van der Waals surface area contributed by atoms with Crippen molar-refractivity contribution in [2.75, 3.05) is 6.61 Å². The van der Waals surface area contributed by atoms with Gasteiger partial charge in [-0.2, -0.15) is 0 Å². The third kappa shape index (κ3) is 12.1.